The number of unbranched alkanes of at least 4 members (excludes halogenated alkanes) is 1. The van der Waals surface area contributed by atoms with Crippen LogP contribution in [0.15, 0.2) is 48.5 Å². The molecule has 0 aliphatic rings. The van der Waals surface area contributed by atoms with Gasteiger partial charge in [-0.25, -0.2) is 0 Å². The van der Waals surface area contributed by atoms with Gasteiger partial charge in [-0.15, -0.1) is 0 Å². The molecule has 0 saturated carbocycles. The van der Waals surface area contributed by atoms with E-state index in [9.17, 15) is 4.79 Å². The summed E-state index contributed by atoms with van der Waals surface area (Å²) in [7, 11) is 3.64. The number of benzene rings is 2. The molecule has 0 saturated heterocycles. The highest BCUT2D eigenvalue weighted by molar-refractivity contribution is 6.04. The SMILES string of the molecule is CCCCC(CCc1ccccc1NC(=O)c1ccc(OC)cc1)NC. The van der Waals surface area contributed by atoms with Gasteiger partial charge in [-0.05, 0) is 62.2 Å². The second kappa shape index (κ2) is 10.6. The molecule has 1 atom stereocenters. The van der Waals surface area contributed by atoms with Crippen LogP contribution in [-0.2, 0) is 6.42 Å². The van der Waals surface area contributed by atoms with E-state index in [4.69, 9.17) is 4.74 Å². The largest absolute Gasteiger partial charge is 0.497 e. The van der Waals surface area contributed by atoms with E-state index in [2.05, 4.69) is 23.6 Å². The fourth-order valence-corrected chi connectivity index (χ4v) is 3.01. The van der Waals surface area contributed by atoms with Gasteiger partial charge in [-0.1, -0.05) is 38.0 Å². The number of nitrogens with one attached hydrogen (secondary N) is 2. The Kier molecular flexibility index (Phi) is 8.16. The number of carbonyl (C=O) groups excluding carboxylic acids is 1. The van der Waals surface area contributed by atoms with Gasteiger partial charge in [0.15, 0.2) is 0 Å². The molecular formula is C22H30N2O2. The van der Waals surface area contributed by atoms with E-state index in [1.54, 1.807) is 31.4 Å². The molecule has 0 bridgehead atoms. The lowest BCUT2D eigenvalue weighted by Gasteiger charge is -2.17. The lowest BCUT2D eigenvalue weighted by molar-refractivity contribution is 0.102. The highest BCUT2D eigenvalue weighted by atomic mass is 16.5. The van der Waals surface area contributed by atoms with Gasteiger partial charge < -0.3 is 15.4 Å². The minimum Gasteiger partial charge on any atom is -0.497 e. The molecule has 26 heavy (non-hydrogen) atoms. The van der Waals surface area contributed by atoms with Crippen LogP contribution in [0.3, 0.4) is 0 Å². The van der Waals surface area contributed by atoms with Gasteiger partial charge in [0.1, 0.15) is 5.75 Å². The van der Waals surface area contributed by atoms with Crippen molar-refractivity contribution >= 4 is 11.6 Å². The lowest BCUT2D eigenvalue weighted by atomic mass is 10.00. The quantitative estimate of drug-likeness (QED) is 0.652. The number of aryl methyl sites for hydroxylation is 1. The van der Waals surface area contributed by atoms with Crippen molar-refractivity contribution in [3.63, 3.8) is 0 Å². The van der Waals surface area contributed by atoms with Crippen LogP contribution in [0.25, 0.3) is 0 Å². The third-order valence-electron chi connectivity index (χ3n) is 4.69. The van der Waals surface area contributed by atoms with E-state index in [0.717, 1.165) is 24.3 Å². The Morgan fingerprint density at radius 1 is 1.08 bits per heavy atom. The number of anilines is 1. The van der Waals surface area contributed by atoms with Crippen molar-refractivity contribution in [2.75, 3.05) is 19.5 Å². The minimum atomic E-state index is -0.101. The van der Waals surface area contributed by atoms with Gasteiger partial charge in [0, 0.05) is 17.3 Å². The van der Waals surface area contributed by atoms with Crippen molar-refractivity contribution in [3.05, 3.63) is 59.7 Å². The second-order valence-electron chi connectivity index (χ2n) is 6.51. The molecular weight excluding hydrogens is 324 g/mol. The van der Waals surface area contributed by atoms with Crippen LogP contribution in [-0.4, -0.2) is 26.1 Å². The molecule has 2 rings (SSSR count). The number of carbonyl (C=O) groups is 1. The zero-order chi connectivity index (χ0) is 18.8. The molecule has 2 N–H and O–H groups in total. The first-order valence-electron chi connectivity index (χ1n) is 9.38. The highest BCUT2D eigenvalue weighted by Crippen LogP contribution is 2.20. The number of para-hydroxylation sites is 1. The average Bonchev–Trinajstić information content (AvgIpc) is 2.69. The predicted octanol–water partition coefficient (Wildman–Crippen LogP) is 4.66. The maximum Gasteiger partial charge on any atom is 0.255 e. The number of hydrogen-bond donors (Lipinski definition) is 2. The van der Waals surface area contributed by atoms with Crippen molar-refractivity contribution in [1.29, 1.82) is 0 Å². The van der Waals surface area contributed by atoms with Gasteiger partial charge >= 0.3 is 0 Å². The van der Waals surface area contributed by atoms with Crippen LogP contribution in [0, 0.1) is 0 Å². The van der Waals surface area contributed by atoms with Gasteiger partial charge in [-0.2, -0.15) is 0 Å². The molecule has 140 valence electrons. The molecule has 0 aromatic heterocycles. The molecule has 0 aliphatic carbocycles. The molecule has 0 radical (unpaired) electrons. The van der Waals surface area contributed by atoms with Gasteiger partial charge in [0.05, 0.1) is 7.11 Å². The number of rotatable bonds is 10. The van der Waals surface area contributed by atoms with E-state index >= 15 is 0 Å². The predicted molar refractivity (Wildman–Crippen MR) is 108 cm³/mol. The van der Waals surface area contributed by atoms with Gasteiger partial charge in [0.25, 0.3) is 5.91 Å². The smallest absolute Gasteiger partial charge is 0.255 e. The second-order valence-corrected chi connectivity index (χ2v) is 6.51. The summed E-state index contributed by atoms with van der Waals surface area (Å²) < 4.78 is 5.14. The summed E-state index contributed by atoms with van der Waals surface area (Å²) in [6.45, 7) is 2.22. The molecule has 4 heteroatoms. The van der Waals surface area contributed by atoms with Crippen LogP contribution in [0.5, 0.6) is 5.75 Å². The normalized spacial score (nSPS) is 11.8. The third kappa shape index (κ3) is 5.88. The summed E-state index contributed by atoms with van der Waals surface area (Å²) in [6.07, 6.45) is 5.64. The maximum absolute atomic E-state index is 12.5. The number of hydrogen-bond acceptors (Lipinski definition) is 3. The summed E-state index contributed by atoms with van der Waals surface area (Å²) in [4.78, 5) is 12.5. The Hall–Kier alpha value is -2.33. The maximum atomic E-state index is 12.5. The Balaban J connectivity index is 2.02. The first-order chi connectivity index (χ1) is 12.7. The van der Waals surface area contributed by atoms with Crippen molar-refractivity contribution in [3.8, 4) is 5.75 Å². The van der Waals surface area contributed by atoms with Crippen LogP contribution in [0.1, 0.15) is 48.5 Å². The Morgan fingerprint density at radius 2 is 1.81 bits per heavy atom. The molecule has 0 aliphatic heterocycles. The van der Waals surface area contributed by atoms with Crippen LogP contribution < -0.4 is 15.4 Å². The van der Waals surface area contributed by atoms with E-state index in [1.165, 1.54) is 24.8 Å². The fraction of sp³-hybridized carbons (Fsp3) is 0.409. The Labute approximate surface area is 157 Å². The highest BCUT2D eigenvalue weighted by Gasteiger charge is 2.11. The van der Waals surface area contributed by atoms with Crippen LogP contribution in [0.4, 0.5) is 5.69 Å². The van der Waals surface area contributed by atoms with Crippen molar-refractivity contribution < 1.29 is 9.53 Å². The van der Waals surface area contributed by atoms with E-state index in [0.29, 0.717) is 11.6 Å². The van der Waals surface area contributed by atoms with Crippen molar-refractivity contribution in [2.24, 2.45) is 0 Å². The molecule has 0 spiro atoms. The van der Waals surface area contributed by atoms with Crippen molar-refractivity contribution in [1.82, 2.24) is 5.32 Å². The molecule has 0 fully saturated rings. The zero-order valence-electron chi connectivity index (χ0n) is 16.0. The monoisotopic (exact) mass is 354 g/mol. The van der Waals surface area contributed by atoms with Crippen molar-refractivity contribution in [2.45, 2.75) is 45.1 Å². The first-order valence-corrected chi connectivity index (χ1v) is 9.38. The Bertz CT molecular complexity index is 683. The number of methoxy groups -OCH3 is 1. The topological polar surface area (TPSA) is 50.4 Å². The number of amides is 1. The summed E-state index contributed by atoms with van der Waals surface area (Å²) in [6, 6.07) is 15.7. The summed E-state index contributed by atoms with van der Waals surface area (Å²) in [5.74, 6) is 0.642. The zero-order valence-corrected chi connectivity index (χ0v) is 16.0. The molecule has 4 nitrogen and oxygen atoms in total. The Morgan fingerprint density at radius 3 is 2.46 bits per heavy atom. The van der Waals surface area contributed by atoms with Gasteiger partial charge in [0.2, 0.25) is 0 Å². The summed E-state index contributed by atoms with van der Waals surface area (Å²) in [5, 5.41) is 6.45. The standard InChI is InChI=1S/C22H30N2O2/c1-4-5-9-19(23-2)14-11-17-8-6-7-10-21(17)24-22(25)18-12-15-20(26-3)16-13-18/h6-8,10,12-13,15-16,19,23H,4-5,9,11,14H2,1-3H3,(H,24,25). The fourth-order valence-electron chi connectivity index (χ4n) is 3.01. The van der Waals surface area contributed by atoms with Gasteiger partial charge in [-0.3, -0.25) is 4.79 Å². The van der Waals surface area contributed by atoms with E-state index in [1.807, 2.05) is 25.2 Å². The summed E-state index contributed by atoms with van der Waals surface area (Å²) in [5.41, 5.74) is 2.68. The molecule has 1 amide bonds. The average molecular weight is 354 g/mol. The van der Waals surface area contributed by atoms with E-state index in [-0.39, 0.29) is 5.91 Å². The minimum absolute atomic E-state index is 0.101. The molecule has 2 aromatic carbocycles. The first kappa shape index (κ1) is 20.0. The third-order valence-corrected chi connectivity index (χ3v) is 4.69. The lowest BCUT2D eigenvalue weighted by Crippen LogP contribution is -2.25. The molecule has 1 unspecified atom stereocenters. The van der Waals surface area contributed by atoms with E-state index < -0.39 is 0 Å². The summed E-state index contributed by atoms with van der Waals surface area (Å²) >= 11 is 0. The van der Waals surface area contributed by atoms with Crippen LogP contribution >= 0.6 is 0 Å². The number of ether oxygens (including phenoxy) is 1. The molecule has 2 aromatic rings. The van der Waals surface area contributed by atoms with Crippen LogP contribution in [0.2, 0.25) is 0 Å². The molecule has 0 heterocycles.